The van der Waals surface area contributed by atoms with Crippen molar-refractivity contribution in [3.8, 4) is 0 Å². The maximum absolute atomic E-state index is 12.6. The number of carbonyl (C=O) groups excluding carboxylic acids is 1. The summed E-state index contributed by atoms with van der Waals surface area (Å²) in [7, 11) is 0. The summed E-state index contributed by atoms with van der Waals surface area (Å²) in [5.41, 5.74) is 1.66. The molecule has 0 spiro atoms. The Labute approximate surface area is 178 Å². The van der Waals surface area contributed by atoms with Crippen LogP contribution in [0.15, 0.2) is 53.7 Å². The van der Waals surface area contributed by atoms with Crippen LogP contribution >= 0.6 is 35.0 Å². The molecule has 0 aliphatic carbocycles. The predicted molar refractivity (Wildman–Crippen MR) is 115 cm³/mol. The van der Waals surface area contributed by atoms with Gasteiger partial charge in [-0.3, -0.25) is 4.79 Å². The Balaban J connectivity index is 1.70. The van der Waals surface area contributed by atoms with E-state index in [0.29, 0.717) is 27.3 Å². The molecule has 0 aliphatic heterocycles. The highest BCUT2D eigenvalue weighted by molar-refractivity contribution is 8.00. The molecule has 1 atom stereocenters. The van der Waals surface area contributed by atoms with Crippen LogP contribution in [0.4, 0.5) is 5.69 Å². The van der Waals surface area contributed by atoms with Gasteiger partial charge in [0.05, 0.1) is 21.0 Å². The molecular formula is C20H20Cl2N4OS. The second-order valence-electron chi connectivity index (χ2n) is 6.16. The number of halogens is 2. The van der Waals surface area contributed by atoms with E-state index in [4.69, 9.17) is 23.2 Å². The van der Waals surface area contributed by atoms with Gasteiger partial charge in [0.2, 0.25) is 5.91 Å². The fraction of sp³-hybridized carbons (Fsp3) is 0.250. The zero-order valence-electron chi connectivity index (χ0n) is 15.5. The molecule has 1 aromatic heterocycles. The Morgan fingerprint density at radius 2 is 1.89 bits per heavy atom. The lowest BCUT2D eigenvalue weighted by atomic mass is 10.1. The van der Waals surface area contributed by atoms with Crippen LogP contribution in [-0.2, 0) is 17.8 Å². The number of nitrogens with zero attached hydrogens (tertiary/aromatic N) is 3. The standard InChI is InChI=1S/C20H20Cl2N4OS/c1-3-26-17(12-14-8-5-4-6-9-14)24-25-20(26)28-13(2)19(27)23-16-11-7-10-15(21)18(16)22/h4-11,13H,3,12H2,1-2H3,(H,23,27). The third-order valence-electron chi connectivity index (χ3n) is 4.18. The van der Waals surface area contributed by atoms with Crippen LogP contribution in [0, 0.1) is 0 Å². The number of benzene rings is 2. The normalized spacial score (nSPS) is 12.0. The average Bonchev–Trinajstić information content (AvgIpc) is 3.07. The van der Waals surface area contributed by atoms with Gasteiger partial charge in [-0.15, -0.1) is 10.2 Å². The van der Waals surface area contributed by atoms with Crippen LogP contribution in [0.5, 0.6) is 0 Å². The van der Waals surface area contributed by atoms with Gasteiger partial charge in [-0.05, 0) is 31.5 Å². The van der Waals surface area contributed by atoms with Crippen molar-refractivity contribution in [3.63, 3.8) is 0 Å². The number of nitrogens with one attached hydrogen (secondary N) is 1. The lowest BCUT2D eigenvalue weighted by Crippen LogP contribution is -2.23. The minimum Gasteiger partial charge on any atom is -0.324 e. The van der Waals surface area contributed by atoms with Gasteiger partial charge >= 0.3 is 0 Å². The summed E-state index contributed by atoms with van der Waals surface area (Å²) in [6, 6.07) is 15.3. The zero-order valence-corrected chi connectivity index (χ0v) is 17.9. The molecule has 146 valence electrons. The first kappa shape index (κ1) is 20.7. The topological polar surface area (TPSA) is 59.8 Å². The third kappa shape index (κ3) is 4.87. The summed E-state index contributed by atoms with van der Waals surface area (Å²) in [6.45, 7) is 4.59. The van der Waals surface area contributed by atoms with Crippen LogP contribution in [0.2, 0.25) is 10.0 Å². The van der Waals surface area contributed by atoms with Gasteiger partial charge in [0.25, 0.3) is 0 Å². The van der Waals surface area contributed by atoms with E-state index >= 15 is 0 Å². The second-order valence-corrected chi connectivity index (χ2v) is 8.25. The second kappa shape index (κ2) is 9.45. The van der Waals surface area contributed by atoms with E-state index < -0.39 is 0 Å². The van der Waals surface area contributed by atoms with Gasteiger partial charge in [-0.25, -0.2) is 0 Å². The molecule has 8 heteroatoms. The molecule has 3 rings (SSSR count). The Morgan fingerprint density at radius 3 is 2.61 bits per heavy atom. The lowest BCUT2D eigenvalue weighted by Gasteiger charge is -2.14. The molecule has 1 heterocycles. The minimum absolute atomic E-state index is 0.176. The molecular weight excluding hydrogens is 415 g/mol. The molecule has 1 amide bonds. The molecule has 2 aromatic carbocycles. The van der Waals surface area contributed by atoms with Crippen molar-refractivity contribution in [3.05, 3.63) is 70.0 Å². The van der Waals surface area contributed by atoms with Crippen molar-refractivity contribution in [1.29, 1.82) is 0 Å². The van der Waals surface area contributed by atoms with Crippen molar-refractivity contribution < 1.29 is 4.79 Å². The molecule has 0 aliphatic rings. The number of amides is 1. The summed E-state index contributed by atoms with van der Waals surface area (Å²) in [5.74, 6) is 0.700. The fourth-order valence-electron chi connectivity index (χ4n) is 2.68. The van der Waals surface area contributed by atoms with E-state index in [-0.39, 0.29) is 11.2 Å². The van der Waals surface area contributed by atoms with E-state index in [9.17, 15) is 4.79 Å². The summed E-state index contributed by atoms with van der Waals surface area (Å²) >= 11 is 13.5. The first-order valence-corrected chi connectivity index (χ1v) is 10.5. The largest absolute Gasteiger partial charge is 0.324 e. The lowest BCUT2D eigenvalue weighted by molar-refractivity contribution is -0.115. The monoisotopic (exact) mass is 434 g/mol. The Hall–Kier alpha value is -2.02. The quantitative estimate of drug-likeness (QED) is 0.511. The molecule has 3 aromatic rings. The van der Waals surface area contributed by atoms with Crippen molar-refractivity contribution in [2.45, 2.75) is 37.2 Å². The van der Waals surface area contributed by atoms with Crippen molar-refractivity contribution in [2.75, 3.05) is 5.32 Å². The Morgan fingerprint density at radius 1 is 1.14 bits per heavy atom. The molecule has 0 bridgehead atoms. The van der Waals surface area contributed by atoms with E-state index in [0.717, 1.165) is 12.4 Å². The molecule has 0 saturated carbocycles. The molecule has 1 unspecified atom stereocenters. The maximum Gasteiger partial charge on any atom is 0.237 e. The minimum atomic E-state index is -0.380. The summed E-state index contributed by atoms with van der Waals surface area (Å²) < 4.78 is 2.04. The Kier molecular flexibility index (Phi) is 6.99. The van der Waals surface area contributed by atoms with E-state index in [1.54, 1.807) is 18.2 Å². The molecule has 5 nitrogen and oxygen atoms in total. The van der Waals surface area contributed by atoms with Crippen LogP contribution in [0.1, 0.15) is 25.2 Å². The van der Waals surface area contributed by atoms with E-state index in [2.05, 4.69) is 27.6 Å². The summed E-state index contributed by atoms with van der Waals surface area (Å²) in [6.07, 6.45) is 0.695. The number of anilines is 1. The number of rotatable bonds is 7. The molecule has 1 N–H and O–H groups in total. The number of hydrogen-bond acceptors (Lipinski definition) is 4. The van der Waals surface area contributed by atoms with Gasteiger partial charge in [-0.2, -0.15) is 0 Å². The first-order valence-electron chi connectivity index (χ1n) is 8.87. The van der Waals surface area contributed by atoms with Crippen molar-refractivity contribution in [2.24, 2.45) is 0 Å². The number of carbonyl (C=O) groups is 1. The maximum atomic E-state index is 12.6. The molecule has 0 fully saturated rings. The highest BCUT2D eigenvalue weighted by atomic mass is 35.5. The highest BCUT2D eigenvalue weighted by Gasteiger charge is 2.21. The van der Waals surface area contributed by atoms with E-state index in [1.807, 2.05) is 36.6 Å². The van der Waals surface area contributed by atoms with Crippen LogP contribution in [0.3, 0.4) is 0 Å². The van der Waals surface area contributed by atoms with Gasteiger partial charge in [0.15, 0.2) is 5.16 Å². The molecule has 0 saturated heterocycles. The summed E-state index contributed by atoms with van der Waals surface area (Å²) in [5, 5.41) is 12.5. The summed E-state index contributed by atoms with van der Waals surface area (Å²) in [4.78, 5) is 12.6. The van der Waals surface area contributed by atoms with Gasteiger partial charge < -0.3 is 9.88 Å². The van der Waals surface area contributed by atoms with Crippen molar-refractivity contribution >= 4 is 46.6 Å². The van der Waals surface area contributed by atoms with Crippen LogP contribution in [0.25, 0.3) is 0 Å². The third-order valence-corrected chi connectivity index (χ3v) is 6.08. The zero-order chi connectivity index (χ0) is 20.1. The van der Waals surface area contributed by atoms with Gasteiger partial charge in [-0.1, -0.05) is 71.4 Å². The van der Waals surface area contributed by atoms with Crippen LogP contribution < -0.4 is 5.32 Å². The van der Waals surface area contributed by atoms with Gasteiger partial charge in [0, 0.05) is 13.0 Å². The molecule has 28 heavy (non-hydrogen) atoms. The predicted octanol–water partition coefficient (Wildman–Crippen LogP) is 5.31. The smallest absolute Gasteiger partial charge is 0.237 e. The molecule has 0 radical (unpaired) electrons. The van der Waals surface area contributed by atoms with E-state index in [1.165, 1.54) is 17.3 Å². The Bertz CT molecular complexity index is 962. The van der Waals surface area contributed by atoms with Gasteiger partial charge in [0.1, 0.15) is 5.82 Å². The number of hydrogen-bond donors (Lipinski definition) is 1. The first-order chi connectivity index (χ1) is 13.5. The number of aromatic nitrogens is 3. The SMILES string of the molecule is CCn1c(Cc2ccccc2)nnc1SC(C)C(=O)Nc1cccc(Cl)c1Cl. The average molecular weight is 435 g/mol. The number of thioether (sulfide) groups is 1. The van der Waals surface area contributed by atoms with Crippen molar-refractivity contribution in [1.82, 2.24) is 14.8 Å². The fourth-order valence-corrected chi connectivity index (χ4v) is 3.96. The highest BCUT2D eigenvalue weighted by Crippen LogP contribution is 2.31. The van der Waals surface area contributed by atoms with Crippen LogP contribution in [-0.4, -0.2) is 25.9 Å².